The molecule has 54 heavy (non-hydrogen) atoms. The molecule has 16 heteroatoms. The average Bonchev–Trinajstić information content (AvgIpc) is 3.69. The molecule has 6 heterocycles. The van der Waals surface area contributed by atoms with Crippen LogP contribution in [0.4, 0.5) is 29.2 Å². The molecule has 4 atom stereocenters. The summed E-state index contributed by atoms with van der Waals surface area (Å²) in [7, 11) is 0. The first-order valence-electron chi connectivity index (χ1n) is 17.5. The van der Waals surface area contributed by atoms with Gasteiger partial charge in [0.25, 0.3) is 0 Å². The lowest BCUT2D eigenvalue weighted by atomic mass is 9.83. The van der Waals surface area contributed by atoms with Crippen LogP contribution in [0, 0.1) is 34.1 Å². The van der Waals surface area contributed by atoms with Crippen LogP contribution in [0.25, 0.3) is 44.8 Å². The molecule has 6 aromatic rings. The van der Waals surface area contributed by atoms with Crippen LogP contribution in [0.5, 0.6) is 0 Å². The fourth-order valence-corrected chi connectivity index (χ4v) is 5.79. The fraction of sp³-hybridized carbons (Fsp3) is 0.421. The number of H-pyrrole nitrogens is 2. The molecule has 0 amide bonds. The number of pyridine rings is 2. The largest absolute Gasteiger partial charge is 0.393 e. The Bertz CT molecular complexity index is 2050. The van der Waals surface area contributed by atoms with Crippen molar-refractivity contribution >= 4 is 33.7 Å². The SMILES string of the molecule is CC(O)C[C@@H](Nc1nc(-c2c[nH]c3ncc(F)cc23)ncc1F)C(C)(C)C.CC(O)C[C@@H](Nc1nc(-c2c[nH]c3ncc(F)cc23)ncc1F)C(C)(C)C. The number of halogens is 4. The number of rotatable bonds is 10. The van der Waals surface area contributed by atoms with E-state index in [1.54, 1.807) is 26.2 Å². The number of aliphatic hydroxyl groups excluding tert-OH is 2. The second kappa shape index (κ2) is 16.0. The van der Waals surface area contributed by atoms with Gasteiger partial charge in [-0.15, -0.1) is 0 Å². The van der Waals surface area contributed by atoms with E-state index >= 15 is 0 Å². The third-order valence-electron chi connectivity index (χ3n) is 8.83. The Balaban J connectivity index is 0.000000208. The van der Waals surface area contributed by atoms with Gasteiger partial charge in [-0.25, -0.2) is 47.5 Å². The van der Waals surface area contributed by atoms with Crippen LogP contribution in [-0.2, 0) is 0 Å². The fourth-order valence-electron chi connectivity index (χ4n) is 5.79. The Labute approximate surface area is 310 Å². The van der Waals surface area contributed by atoms with Gasteiger partial charge in [-0.3, -0.25) is 0 Å². The Hall–Kier alpha value is -5.22. The number of nitrogens with zero attached hydrogens (tertiary/aromatic N) is 6. The minimum Gasteiger partial charge on any atom is -0.393 e. The summed E-state index contributed by atoms with van der Waals surface area (Å²) in [5, 5.41) is 26.8. The second-order valence-corrected chi connectivity index (χ2v) is 15.6. The molecule has 0 aromatic carbocycles. The summed E-state index contributed by atoms with van der Waals surface area (Å²) in [5.41, 5.74) is 1.59. The van der Waals surface area contributed by atoms with Crippen molar-refractivity contribution in [2.75, 3.05) is 10.6 Å². The van der Waals surface area contributed by atoms with Gasteiger partial charge in [0, 0.05) is 46.4 Å². The maximum Gasteiger partial charge on any atom is 0.183 e. The molecule has 12 nitrogen and oxygen atoms in total. The Kier molecular flexibility index (Phi) is 11.9. The summed E-state index contributed by atoms with van der Waals surface area (Å²) in [4.78, 5) is 30.5. The highest BCUT2D eigenvalue weighted by atomic mass is 19.1. The second-order valence-electron chi connectivity index (χ2n) is 15.6. The molecule has 0 radical (unpaired) electrons. The number of fused-ring (bicyclic) bond motifs is 2. The smallest absolute Gasteiger partial charge is 0.183 e. The van der Waals surface area contributed by atoms with Crippen molar-refractivity contribution in [3.05, 3.63) is 72.6 Å². The van der Waals surface area contributed by atoms with E-state index in [2.05, 4.69) is 50.5 Å². The molecule has 2 unspecified atom stereocenters. The lowest BCUT2D eigenvalue weighted by Gasteiger charge is -2.33. The highest BCUT2D eigenvalue weighted by Gasteiger charge is 2.29. The highest BCUT2D eigenvalue weighted by Crippen LogP contribution is 2.32. The summed E-state index contributed by atoms with van der Waals surface area (Å²) in [6, 6.07) is 2.24. The number of anilines is 2. The normalized spacial score (nSPS) is 14.3. The molecule has 0 aliphatic carbocycles. The number of nitrogens with one attached hydrogen (secondary N) is 4. The first-order valence-corrected chi connectivity index (χ1v) is 17.5. The Morgan fingerprint density at radius 2 is 0.981 bits per heavy atom. The first kappa shape index (κ1) is 40.0. The van der Waals surface area contributed by atoms with Crippen molar-refractivity contribution in [1.29, 1.82) is 0 Å². The Morgan fingerprint density at radius 3 is 1.31 bits per heavy atom. The van der Waals surface area contributed by atoms with E-state index in [1.807, 2.05) is 41.5 Å². The van der Waals surface area contributed by atoms with Gasteiger partial charge in [0.2, 0.25) is 0 Å². The molecule has 0 saturated carbocycles. The standard InChI is InChI=1S/2C19H23F2N5O/c2*1-10(27)5-15(19(2,3)4)25-18-14(21)9-24-17(26-18)13-8-23-16-12(13)6-11(20)7-22-16/h2*6-10,15,27H,5H2,1-4H3,(H,22,23)(H,24,25,26)/t2*10?,15-/m11/s1. The molecule has 0 aliphatic heterocycles. The molecule has 288 valence electrons. The molecule has 0 saturated heterocycles. The van der Waals surface area contributed by atoms with Gasteiger partial charge in [0.15, 0.2) is 34.9 Å². The maximum absolute atomic E-state index is 14.3. The lowest BCUT2D eigenvalue weighted by molar-refractivity contribution is 0.153. The number of aliphatic hydroxyl groups is 2. The zero-order valence-corrected chi connectivity index (χ0v) is 31.4. The van der Waals surface area contributed by atoms with E-state index in [1.165, 1.54) is 12.1 Å². The number of aromatic nitrogens is 8. The van der Waals surface area contributed by atoms with Crippen LogP contribution in [0.2, 0.25) is 0 Å². The molecule has 6 aromatic heterocycles. The lowest BCUT2D eigenvalue weighted by Crippen LogP contribution is -2.37. The minimum atomic E-state index is -0.595. The van der Waals surface area contributed by atoms with E-state index in [-0.39, 0.29) is 46.2 Å². The molecule has 6 rings (SSSR count). The average molecular weight is 751 g/mol. The molecular weight excluding hydrogens is 704 g/mol. The van der Waals surface area contributed by atoms with Crippen molar-refractivity contribution in [2.45, 2.75) is 92.5 Å². The van der Waals surface area contributed by atoms with Crippen molar-refractivity contribution in [2.24, 2.45) is 10.8 Å². The number of hydrogen-bond acceptors (Lipinski definition) is 10. The van der Waals surface area contributed by atoms with Gasteiger partial charge in [-0.05, 0) is 49.7 Å². The van der Waals surface area contributed by atoms with Crippen LogP contribution in [0.15, 0.2) is 49.3 Å². The van der Waals surface area contributed by atoms with E-state index in [9.17, 15) is 27.8 Å². The predicted molar refractivity (Wildman–Crippen MR) is 200 cm³/mol. The van der Waals surface area contributed by atoms with Crippen LogP contribution >= 0.6 is 0 Å². The molecule has 6 N–H and O–H groups in total. The van der Waals surface area contributed by atoms with Crippen LogP contribution in [0.1, 0.15) is 68.2 Å². The summed E-state index contributed by atoms with van der Waals surface area (Å²) in [5.74, 6) is -1.56. The molecule has 0 fully saturated rings. The summed E-state index contributed by atoms with van der Waals surface area (Å²) < 4.78 is 55.8. The molecule has 0 aliphatic rings. The molecular formula is C38H46F4N10O2. The molecule has 0 bridgehead atoms. The topological polar surface area (TPSA) is 173 Å². The third-order valence-corrected chi connectivity index (χ3v) is 8.83. The van der Waals surface area contributed by atoms with Crippen molar-refractivity contribution in [3.63, 3.8) is 0 Å². The quantitative estimate of drug-likeness (QED) is 0.0759. The van der Waals surface area contributed by atoms with E-state index < -0.39 is 35.5 Å². The van der Waals surface area contributed by atoms with Gasteiger partial charge in [-0.2, -0.15) is 0 Å². The highest BCUT2D eigenvalue weighted by molar-refractivity contribution is 5.92. The number of hydrogen-bond donors (Lipinski definition) is 6. The van der Waals surface area contributed by atoms with Crippen molar-refractivity contribution < 1.29 is 27.8 Å². The summed E-state index contributed by atoms with van der Waals surface area (Å²) in [6.07, 6.45) is 7.40. The van der Waals surface area contributed by atoms with Gasteiger partial charge >= 0.3 is 0 Å². The monoisotopic (exact) mass is 750 g/mol. The number of aromatic amines is 2. The predicted octanol–water partition coefficient (Wildman–Crippen LogP) is 7.79. The van der Waals surface area contributed by atoms with Crippen LogP contribution in [0.3, 0.4) is 0 Å². The zero-order chi connectivity index (χ0) is 39.5. The molecule has 0 spiro atoms. The summed E-state index contributed by atoms with van der Waals surface area (Å²) in [6.45, 7) is 15.4. The van der Waals surface area contributed by atoms with Crippen molar-refractivity contribution in [3.8, 4) is 22.8 Å². The van der Waals surface area contributed by atoms with Gasteiger partial charge in [0.1, 0.15) is 22.9 Å². The van der Waals surface area contributed by atoms with Gasteiger partial charge < -0.3 is 30.8 Å². The van der Waals surface area contributed by atoms with E-state index in [4.69, 9.17) is 0 Å². The minimum absolute atomic E-state index is 0.0410. The first-order chi connectivity index (χ1) is 25.3. The Morgan fingerprint density at radius 1 is 0.611 bits per heavy atom. The van der Waals surface area contributed by atoms with Gasteiger partial charge in [-0.1, -0.05) is 41.5 Å². The van der Waals surface area contributed by atoms with Crippen LogP contribution in [-0.4, -0.2) is 74.4 Å². The van der Waals surface area contributed by atoms with E-state index in [0.717, 1.165) is 24.8 Å². The maximum atomic E-state index is 14.3. The van der Waals surface area contributed by atoms with Crippen LogP contribution < -0.4 is 10.6 Å². The van der Waals surface area contributed by atoms with E-state index in [0.29, 0.717) is 46.0 Å². The zero-order valence-electron chi connectivity index (χ0n) is 31.4. The third kappa shape index (κ3) is 9.65. The van der Waals surface area contributed by atoms with Crippen molar-refractivity contribution in [1.82, 2.24) is 39.9 Å². The summed E-state index contributed by atoms with van der Waals surface area (Å²) >= 11 is 0. The van der Waals surface area contributed by atoms with Gasteiger partial charge in [0.05, 0.1) is 37.0 Å².